The highest BCUT2D eigenvalue weighted by Gasteiger charge is 2.36. The molecule has 0 aliphatic heterocycles. The van der Waals surface area contributed by atoms with Crippen molar-refractivity contribution in [2.45, 2.75) is 39.0 Å². The van der Waals surface area contributed by atoms with Crippen LogP contribution in [0.3, 0.4) is 0 Å². The summed E-state index contributed by atoms with van der Waals surface area (Å²) >= 11 is 0. The Morgan fingerprint density at radius 3 is 2.28 bits per heavy atom. The highest BCUT2D eigenvalue weighted by Crippen LogP contribution is 2.26. The van der Waals surface area contributed by atoms with E-state index in [1.165, 1.54) is 0 Å². The van der Waals surface area contributed by atoms with E-state index in [-0.39, 0.29) is 12.4 Å². The van der Waals surface area contributed by atoms with Gasteiger partial charge in [0.05, 0.1) is 6.54 Å². The molecule has 0 saturated heterocycles. The van der Waals surface area contributed by atoms with Gasteiger partial charge in [-0.15, -0.1) is 5.10 Å². The van der Waals surface area contributed by atoms with Crippen molar-refractivity contribution in [1.29, 1.82) is 0 Å². The Kier molecular flexibility index (Phi) is 3.54. The van der Waals surface area contributed by atoms with E-state index in [4.69, 9.17) is 5.11 Å². The monoisotopic (exact) mass is 266 g/mol. The summed E-state index contributed by atoms with van der Waals surface area (Å²) < 4.78 is 36.8. The third-order valence-electron chi connectivity index (χ3n) is 2.13. The zero-order chi connectivity index (χ0) is 14.1. The number of nitrogens with one attached hydrogen (secondary N) is 1. The van der Waals surface area contributed by atoms with Crippen LogP contribution in [-0.4, -0.2) is 36.8 Å². The zero-order valence-corrected chi connectivity index (χ0v) is 10.0. The molecule has 0 radical (unpaired) electrons. The van der Waals surface area contributed by atoms with Crippen molar-refractivity contribution in [2.24, 2.45) is 0 Å². The van der Waals surface area contributed by atoms with Crippen molar-refractivity contribution in [3.8, 4) is 0 Å². The van der Waals surface area contributed by atoms with Crippen LogP contribution in [0.4, 0.5) is 18.0 Å². The molecular weight excluding hydrogens is 253 g/mol. The van der Waals surface area contributed by atoms with Crippen LogP contribution in [0, 0.1) is 0 Å². The lowest BCUT2D eigenvalue weighted by Crippen LogP contribution is -2.44. The number of rotatable bonds is 2. The fraction of sp³-hybridized carbons (Fsp3) is 0.667. The maximum absolute atomic E-state index is 12.3. The summed E-state index contributed by atoms with van der Waals surface area (Å²) in [7, 11) is 0. The van der Waals surface area contributed by atoms with Gasteiger partial charge in [0, 0.05) is 5.54 Å². The lowest BCUT2D eigenvalue weighted by atomic mass is 10.1. The summed E-state index contributed by atoms with van der Waals surface area (Å²) in [4.78, 5) is 15.2. The first-order chi connectivity index (χ1) is 8.01. The van der Waals surface area contributed by atoms with E-state index in [0.29, 0.717) is 0 Å². The summed E-state index contributed by atoms with van der Waals surface area (Å²) in [6, 6.07) is 0. The second kappa shape index (κ2) is 4.46. The molecular formula is C9H13F3N4O2. The molecule has 1 rings (SSSR count). The van der Waals surface area contributed by atoms with Gasteiger partial charge in [0.15, 0.2) is 0 Å². The van der Waals surface area contributed by atoms with Crippen molar-refractivity contribution in [1.82, 2.24) is 20.1 Å². The van der Waals surface area contributed by atoms with Gasteiger partial charge in [-0.05, 0) is 20.8 Å². The average Bonchev–Trinajstić information content (AvgIpc) is 2.58. The molecule has 1 amide bonds. The molecule has 0 unspecified atom stereocenters. The summed E-state index contributed by atoms with van der Waals surface area (Å²) in [6.07, 6.45) is -5.89. The van der Waals surface area contributed by atoms with E-state index in [0.717, 1.165) is 4.90 Å². The minimum Gasteiger partial charge on any atom is -0.465 e. The molecule has 102 valence electrons. The average molecular weight is 266 g/mol. The number of H-pyrrole nitrogens is 1. The number of hydrogen-bond donors (Lipinski definition) is 2. The maximum Gasteiger partial charge on any atom is 0.453 e. The number of carboxylic acid groups (broad SMARTS) is 1. The highest BCUT2D eigenvalue weighted by molar-refractivity contribution is 5.65. The van der Waals surface area contributed by atoms with E-state index in [1.807, 2.05) is 0 Å². The lowest BCUT2D eigenvalue weighted by molar-refractivity contribution is -0.144. The van der Waals surface area contributed by atoms with Crippen LogP contribution < -0.4 is 0 Å². The van der Waals surface area contributed by atoms with Gasteiger partial charge in [-0.3, -0.25) is 10.00 Å². The van der Waals surface area contributed by atoms with Crippen molar-refractivity contribution in [2.75, 3.05) is 0 Å². The van der Waals surface area contributed by atoms with Gasteiger partial charge in [0.25, 0.3) is 5.82 Å². The van der Waals surface area contributed by atoms with Gasteiger partial charge < -0.3 is 5.11 Å². The van der Waals surface area contributed by atoms with Gasteiger partial charge in [0.2, 0.25) is 0 Å². The van der Waals surface area contributed by atoms with Crippen molar-refractivity contribution < 1.29 is 23.1 Å². The molecule has 0 atom stereocenters. The Morgan fingerprint density at radius 2 is 1.94 bits per heavy atom. The smallest absolute Gasteiger partial charge is 0.453 e. The molecule has 0 bridgehead atoms. The number of aromatic nitrogens is 3. The van der Waals surface area contributed by atoms with Crippen molar-refractivity contribution in [3.05, 3.63) is 11.6 Å². The molecule has 0 spiro atoms. The van der Waals surface area contributed by atoms with E-state index in [2.05, 4.69) is 15.2 Å². The van der Waals surface area contributed by atoms with E-state index < -0.39 is 23.6 Å². The van der Waals surface area contributed by atoms with Crippen molar-refractivity contribution in [3.63, 3.8) is 0 Å². The predicted octanol–water partition coefficient (Wildman–Crippen LogP) is 2.10. The highest BCUT2D eigenvalue weighted by atomic mass is 19.4. The molecule has 18 heavy (non-hydrogen) atoms. The minimum atomic E-state index is -4.65. The number of hydrogen-bond acceptors (Lipinski definition) is 3. The van der Waals surface area contributed by atoms with Crippen LogP contribution in [0.1, 0.15) is 32.4 Å². The Morgan fingerprint density at radius 1 is 1.39 bits per heavy atom. The molecule has 1 aromatic rings. The SMILES string of the molecule is CC(C)(C)N(Cc1nc(C(F)(F)F)n[nH]1)C(=O)O. The van der Waals surface area contributed by atoms with E-state index >= 15 is 0 Å². The van der Waals surface area contributed by atoms with Gasteiger partial charge in [-0.25, -0.2) is 9.78 Å². The molecule has 1 heterocycles. The molecule has 9 heteroatoms. The fourth-order valence-electron chi connectivity index (χ4n) is 1.23. The van der Waals surface area contributed by atoms with Crippen LogP contribution in [0.5, 0.6) is 0 Å². The van der Waals surface area contributed by atoms with Crippen LogP contribution in [0.2, 0.25) is 0 Å². The Bertz CT molecular complexity index is 436. The van der Waals surface area contributed by atoms with Crippen LogP contribution in [-0.2, 0) is 12.7 Å². The molecule has 0 saturated carbocycles. The second-order valence-corrected chi connectivity index (χ2v) is 4.64. The van der Waals surface area contributed by atoms with Gasteiger partial charge in [-0.1, -0.05) is 0 Å². The van der Waals surface area contributed by atoms with Gasteiger partial charge >= 0.3 is 12.3 Å². The molecule has 2 N–H and O–H groups in total. The van der Waals surface area contributed by atoms with Gasteiger partial charge in [-0.2, -0.15) is 13.2 Å². The first kappa shape index (κ1) is 14.3. The maximum atomic E-state index is 12.3. The molecule has 1 aromatic heterocycles. The van der Waals surface area contributed by atoms with Crippen LogP contribution in [0.25, 0.3) is 0 Å². The largest absolute Gasteiger partial charge is 0.465 e. The number of amides is 1. The zero-order valence-electron chi connectivity index (χ0n) is 10.0. The first-order valence-electron chi connectivity index (χ1n) is 5.01. The Labute approximate surface area is 101 Å². The second-order valence-electron chi connectivity index (χ2n) is 4.64. The summed E-state index contributed by atoms with van der Waals surface area (Å²) in [5.41, 5.74) is -0.753. The topological polar surface area (TPSA) is 82.1 Å². The summed E-state index contributed by atoms with van der Waals surface area (Å²) in [5, 5.41) is 14.1. The quantitative estimate of drug-likeness (QED) is 0.858. The molecule has 0 aliphatic rings. The molecule has 0 aromatic carbocycles. The number of alkyl halides is 3. The summed E-state index contributed by atoms with van der Waals surface area (Å²) in [6.45, 7) is 4.59. The number of carbonyl (C=O) groups is 1. The molecule has 0 fully saturated rings. The minimum absolute atomic E-state index is 0.153. The third-order valence-corrected chi connectivity index (χ3v) is 2.13. The van der Waals surface area contributed by atoms with Crippen molar-refractivity contribution >= 4 is 6.09 Å². The molecule has 6 nitrogen and oxygen atoms in total. The van der Waals surface area contributed by atoms with E-state index in [1.54, 1.807) is 20.8 Å². The summed E-state index contributed by atoms with van der Waals surface area (Å²) in [5.74, 6) is -1.46. The fourth-order valence-corrected chi connectivity index (χ4v) is 1.23. The Balaban J connectivity index is 2.90. The number of nitrogens with zero attached hydrogens (tertiary/aromatic N) is 3. The number of aromatic amines is 1. The Hall–Kier alpha value is -1.80. The van der Waals surface area contributed by atoms with Gasteiger partial charge in [0.1, 0.15) is 5.82 Å². The predicted molar refractivity (Wildman–Crippen MR) is 54.7 cm³/mol. The standard InChI is InChI=1S/C9H13F3N4O2/c1-8(2,3)16(7(17)18)4-5-13-6(15-14-5)9(10,11)12/h4H2,1-3H3,(H,17,18)(H,13,14,15). The lowest BCUT2D eigenvalue weighted by Gasteiger charge is -2.32. The third kappa shape index (κ3) is 3.34. The number of halogens is 3. The van der Waals surface area contributed by atoms with E-state index in [9.17, 15) is 18.0 Å². The first-order valence-corrected chi connectivity index (χ1v) is 5.01. The normalized spacial score (nSPS) is 12.6. The van der Waals surface area contributed by atoms with Crippen LogP contribution >= 0.6 is 0 Å². The molecule has 0 aliphatic carbocycles. The van der Waals surface area contributed by atoms with Crippen LogP contribution in [0.15, 0.2) is 0 Å².